The molecule has 4 rings (SSSR count). The number of ether oxygens (including phenoxy) is 6. The lowest BCUT2D eigenvalue weighted by Crippen LogP contribution is -2.42. The molecule has 9 nitrogen and oxygen atoms in total. The molecule has 3 aromatic carbocycles. The molecule has 0 fully saturated rings. The van der Waals surface area contributed by atoms with Gasteiger partial charge >= 0.3 is 5.97 Å². The van der Waals surface area contributed by atoms with E-state index in [4.69, 9.17) is 28.4 Å². The van der Waals surface area contributed by atoms with Crippen molar-refractivity contribution in [3.8, 4) is 28.7 Å². The van der Waals surface area contributed by atoms with Crippen LogP contribution in [0, 0.1) is 0 Å². The fourth-order valence-corrected chi connectivity index (χ4v) is 4.53. The molecule has 1 aliphatic heterocycles. The summed E-state index contributed by atoms with van der Waals surface area (Å²) >= 11 is 0. The van der Waals surface area contributed by atoms with Gasteiger partial charge < -0.3 is 33.3 Å². The van der Waals surface area contributed by atoms with Crippen LogP contribution >= 0.6 is 0 Å². The predicted octanol–water partition coefficient (Wildman–Crippen LogP) is 4.33. The van der Waals surface area contributed by atoms with E-state index in [1.165, 1.54) is 7.11 Å². The molecule has 1 aliphatic rings. The first-order valence-electron chi connectivity index (χ1n) is 12.0. The first-order chi connectivity index (χ1) is 18.4. The van der Waals surface area contributed by atoms with Crippen LogP contribution in [0.25, 0.3) is 0 Å². The number of amides is 1. The van der Waals surface area contributed by atoms with Crippen molar-refractivity contribution in [1.29, 1.82) is 0 Å². The second-order valence-electron chi connectivity index (χ2n) is 8.60. The van der Waals surface area contributed by atoms with Crippen molar-refractivity contribution in [3.05, 3.63) is 76.9 Å². The van der Waals surface area contributed by atoms with Crippen LogP contribution in [0.5, 0.6) is 28.7 Å². The van der Waals surface area contributed by atoms with E-state index < -0.39 is 12.0 Å². The fourth-order valence-electron chi connectivity index (χ4n) is 4.53. The zero-order valence-electron chi connectivity index (χ0n) is 22.1. The van der Waals surface area contributed by atoms with Gasteiger partial charge in [0.05, 0.1) is 47.2 Å². The second-order valence-corrected chi connectivity index (χ2v) is 8.60. The number of hydrogen-bond acceptors (Lipinski definition) is 8. The predicted molar refractivity (Wildman–Crippen MR) is 140 cm³/mol. The molecular weight excluding hydrogens is 490 g/mol. The van der Waals surface area contributed by atoms with E-state index in [0.717, 1.165) is 11.1 Å². The Hall–Kier alpha value is -4.40. The first kappa shape index (κ1) is 26.7. The summed E-state index contributed by atoms with van der Waals surface area (Å²) < 4.78 is 32.7. The van der Waals surface area contributed by atoms with Crippen molar-refractivity contribution in [2.45, 2.75) is 12.5 Å². The van der Waals surface area contributed by atoms with Gasteiger partial charge in [-0.25, -0.2) is 4.79 Å². The van der Waals surface area contributed by atoms with E-state index in [9.17, 15) is 9.59 Å². The highest BCUT2D eigenvalue weighted by molar-refractivity contribution is 5.95. The van der Waals surface area contributed by atoms with Crippen molar-refractivity contribution in [2.75, 3.05) is 48.7 Å². The molecule has 0 unspecified atom stereocenters. The van der Waals surface area contributed by atoms with Crippen LogP contribution in [0.1, 0.15) is 37.9 Å². The zero-order chi connectivity index (χ0) is 27.2. The molecule has 0 radical (unpaired) electrons. The minimum absolute atomic E-state index is 0.174. The van der Waals surface area contributed by atoms with E-state index in [1.807, 2.05) is 12.1 Å². The van der Waals surface area contributed by atoms with Gasteiger partial charge in [-0.05, 0) is 66.1 Å². The summed E-state index contributed by atoms with van der Waals surface area (Å²) in [7, 11) is 7.59. The van der Waals surface area contributed by atoms with Crippen molar-refractivity contribution >= 4 is 11.9 Å². The third kappa shape index (κ3) is 5.46. The molecule has 200 valence electrons. The lowest BCUT2D eigenvalue weighted by atomic mass is 9.91. The molecule has 0 saturated heterocycles. The summed E-state index contributed by atoms with van der Waals surface area (Å²) in [5.74, 6) is 2.19. The maximum absolute atomic E-state index is 13.8. The molecule has 1 atom stereocenters. The molecule has 0 saturated carbocycles. The van der Waals surface area contributed by atoms with E-state index in [2.05, 4.69) is 0 Å². The highest BCUT2D eigenvalue weighted by atomic mass is 16.5. The largest absolute Gasteiger partial charge is 0.497 e. The van der Waals surface area contributed by atoms with Gasteiger partial charge in [0.2, 0.25) is 0 Å². The third-order valence-electron chi connectivity index (χ3n) is 6.55. The highest BCUT2D eigenvalue weighted by Gasteiger charge is 2.34. The second kappa shape index (κ2) is 11.8. The summed E-state index contributed by atoms with van der Waals surface area (Å²) in [5, 5.41) is 0. The zero-order valence-corrected chi connectivity index (χ0v) is 22.1. The molecule has 0 N–H and O–H groups in total. The van der Waals surface area contributed by atoms with Crippen LogP contribution in [0.4, 0.5) is 0 Å². The number of hydrogen-bond donors (Lipinski definition) is 0. The molecule has 9 heteroatoms. The van der Waals surface area contributed by atoms with Crippen molar-refractivity contribution < 1.29 is 38.0 Å². The summed E-state index contributed by atoms with van der Waals surface area (Å²) in [4.78, 5) is 27.4. The lowest BCUT2D eigenvalue weighted by molar-refractivity contribution is 0.0582. The minimum Gasteiger partial charge on any atom is -0.497 e. The van der Waals surface area contributed by atoms with E-state index in [0.29, 0.717) is 52.8 Å². The summed E-state index contributed by atoms with van der Waals surface area (Å²) in [6, 6.07) is 15.2. The SMILES string of the molecule is COC(=O)c1ccc(OC[C@@H]2c3cc(OC)c(OC)cc3CCN2C(=O)c2cc(OC)cc(OC)c2)cc1. The lowest BCUT2D eigenvalue weighted by Gasteiger charge is -2.37. The van der Waals surface area contributed by atoms with Crippen molar-refractivity contribution in [3.63, 3.8) is 0 Å². The summed E-state index contributed by atoms with van der Waals surface area (Å²) in [6.45, 7) is 0.642. The molecule has 0 aromatic heterocycles. The van der Waals surface area contributed by atoms with Crippen LogP contribution in [0.2, 0.25) is 0 Å². The molecule has 3 aromatic rings. The molecule has 1 heterocycles. The molecule has 0 spiro atoms. The van der Waals surface area contributed by atoms with E-state index >= 15 is 0 Å². The fraction of sp³-hybridized carbons (Fsp3) is 0.310. The number of benzene rings is 3. The van der Waals surface area contributed by atoms with Crippen LogP contribution in [-0.2, 0) is 11.2 Å². The number of fused-ring (bicyclic) bond motifs is 1. The number of rotatable bonds is 9. The Morgan fingerprint density at radius 3 is 1.97 bits per heavy atom. The number of methoxy groups -OCH3 is 5. The standard InChI is InChI=1S/C29H31NO8/c1-33-22-12-20(13-23(15-22)34-2)28(31)30-11-10-19-14-26(35-3)27(36-4)16-24(19)25(30)17-38-21-8-6-18(7-9-21)29(32)37-5/h6-9,12-16,25H,10-11,17H2,1-5H3/t25-/m1/s1. The third-order valence-corrected chi connectivity index (χ3v) is 6.55. The molecule has 0 aliphatic carbocycles. The van der Waals surface area contributed by atoms with Crippen LogP contribution in [0.3, 0.4) is 0 Å². The normalized spacial score (nSPS) is 14.2. The Bertz CT molecular complexity index is 1280. The van der Waals surface area contributed by atoms with Gasteiger partial charge in [0, 0.05) is 18.2 Å². The number of esters is 1. The smallest absolute Gasteiger partial charge is 0.337 e. The summed E-state index contributed by atoms with van der Waals surface area (Å²) in [5.41, 5.74) is 2.81. The van der Waals surface area contributed by atoms with Crippen LogP contribution in [-0.4, -0.2) is 65.5 Å². The number of carbonyl (C=O) groups excluding carboxylic acids is 2. The molecule has 38 heavy (non-hydrogen) atoms. The number of carbonyl (C=O) groups is 2. The quantitative estimate of drug-likeness (QED) is 0.385. The molecule has 1 amide bonds. The van der Waals surface area contributed by atoms with Crippen LogP contribution in [0.15, 0.2) is 54.6 Å². The van der Waals surface area contributed by atoms with Gasteiger partial charge in [-0.1, -0.05) is 0 Å². The molecule has 0 bridgehead atoms. The van der Waals surface area contributed by atoms with Crippen molar-refractivity contribution in [2.24, 2.45) is 0 Å². The van der Waals surface area contributed by atoms with Gasteiger partial charge in [0.15, 0.2) is 11.5 Å². The van der Waals surface area contributed by atoms with E-state index in [1.54, 1.807) is 75.8 Å². The minimum atomic E-state index is -0.427. The Labute approximate surface area is 221 Å². The Kier molecular flexibility index (Phi) is 8.25. The van der Waals surface area contributed by atoms with Gasteiger partial charge in [-0.15, -0.1) is 0 Å². The van der Waals surface area contributed by atoms with E-state index in [-0.39, 0.29) is 12.5 Å². The van der Waals surface area contributed by atoms with Gasteiger partial charge in [0.1, 0.15) is 23.9 Å². The Morgan fingerprint density at radius 1 is 0.763 bits per heavy atom. The topological polar surface area (TPSA) is 92.8 Å². The molecular formula is C29H31NO8. The maximum Gasteiger partial charge on any atom is 0.337 e. The Morgan fingerprint density at radius 2 is 1.39 bits per heavy atom. The number of nitrogens with zero attached hydrogens (tertiary/aromatic N) is 1. The Balaban J connectivity index is 1.69. The maximum atomic E-state index is 13.8. The summed E-state index contributed by atoms with van der Waals surface area (Å²) in [6.07, 6.45) is 0.632. The van der Waals surface area contributed by atoms with Crippen LogP contribution < -0.4 is 23.7 Å². The monoisotopic (exact) mass is 521 g/mol. The van der Waals surface area contributed by atoms with Gasteiger partial charge in [-0.3, -0.25) is 4.79 Å². The highest BCUT2D eigenvalue weighted by Crippen LogP contribution is 2.39. The first-order valence-corrected chi connectivity index (χ1v) is 12.0. The van der Waals surface area contributed by atoms with Gasteiger partial charge in [-0.2, -0.15) is 0 Å². The average molecular weight is 522 g/mol. The van der Waals surface area contributed by atoms with Gasteiger partial charge in [0.25, 0.3) is 5.91 Å². The average Bonchev–Trinajstić information content (AvgIpc) is 2.97. The van der Waals surface area contributed by atoms with Crippen molar-refractivity contribution in [1.82, 2.24) is 4.90 Å².